The van der Waals surface area contributed by atoms with Crippen LogP contribution in [0.1, 0.15) is 61.7 Å². The zero-order valence-electron chi connectivity index (χ0n) is 15.7. The van der Waals surface area contributed by atoms with Gasteiger partial charge in [0.05, 0.1) is 0 Å². The number of carbonyl (C=O) groups is 1. The number of hydrogen-bond donors (Lipinski definition) is 0. The fourth-order valence-electron chi connectivity index (χ4n) is 4.28. The number of halogens is 1. The first-order valence-electron chi connectivity index (χ1n) is 10.1. The van der Waals surface area contributed by atoms with E-state index in [0.29, 0.717) is 12.8 Å². The molecule has 5 nitrogen and oxygen atoms in total. The van der Waals surface area contributed by atoms with Gasteiger partial charge in [0.2, 0.25) is 5.91 Å². The van der Waals surface area contributed by atoms with E-state index < -0.39 is 0 Å². The van der Waals surface area contributed by atoms with E-state index in [9.17, 15) is 9.18 Å². The van der Waals surface area contributed by atoms with Crippen LogP contribution in [0.25, 0.3) is 0 Å². The van der Waals surface area contributed by atoms with Crippen LogP contribution in [0.15, 0.2) is 24.3 Å². The second kappa shape index (κ2) is 8.19. The maximum Gasteiger partial charge on any atom is 0.222 e. The molecular formula is C21H27FN4O. The lowest BCUT2D eigenvalue weighted by atomic mass is 9.96. The van der Waals surface area contributed by atoms with Crippen molar-refractivity contribution in [2.24, 2.45) is 0 Å². The van der Waals surface area contributed by atoms with Crippen molar-refractivity contribution >= 4 is 5.91 Å². The van der Waals surface area contributed by atoms with Crippen LogP contribution in [-0.2, 0) is 24.2 Å². The molecule has 6 heteroatoms. The Kier molecular flexibility index (Phi) is 5.50. The highest BCUT2D eigenvalue weighted by Crippen LogP contribution is 2.28. The molecule has 2 aliphatic rings. The molecule has 1 aromatic heterocycles. The molecule has 0 spiro atoms. The summed E-state index contributed by atoms with van der Waals surface area (Å²) in [6.45, 7) is 2.56. The number of amides is 1. The number of aromatic nitrogens is 3. The standard InChI is InChI=1S/C21H27FN4O/c22-18-10-7-16(8-11-18)9-12-20(27)25-13-4-5-17(15-25)21-24-23-19-6-2-1-3-14-26(19)21/h7-8,10-11,17H,1-6,9,12-15H2. The molecule has 1 amide bonds. The summed E-state index contributed by atoms with van der Waals surface area (Å²) in [7, 11) is 0. The topological polar surface area (TPSA) is 51.0 Å². The third kappa shape index (κ3) is 4.20. The fraction of sp³-hybridized carbons (Fsp3) is 0.571. The first-order chi connectivity index (χ1) is 13.2. The molecule has 0 N–H and O–H groups in total. The van der Waals surface area contributed by atoms with Gasteiger partial charge in [-0.15, -0.1) is 10.2 Å². The van der Waals surface area contributed by atoms with Crippen molar-refractivity contribution in [3.63, 3.8) is 0 Å². The largest absolute Gasteiger partial charge is 0.342 e. The average molecular weight is 370 g/mol. The van der Waals surface area contributed by atoms with E-state index in [1.54, 1.807) is 12.1 Å². The number of carbonyl (C=O) groups excluding carboxylic acids is 1. The predicted octanol–water partition coefficient (Wildman–Crippen LogP) is 3.48. The van der Waals surface area contributed by atoms with E-state index in [1.807, 2.05) is 4.90 Å². The summed E-state index contributed by atoms with van der Waals surface area (Å²) in [6.07, 6.45) is 7.84. The molecular weight excluding hydrogens is 343 g/mol. The highest BCUT2D eigenvalue weighted by molar-refractivity contribution is 5.76. The fourth-order valence-corrected chi connectivity index (χ4v) is 4.28. The first-order valence-corrected chi connectivity index (χ1v) is 10.1. The molecule has 0 aliphatic carbocycles. The van der Waals surface area contributed by atoms with Gasteiger partial charge in [0.1, 0.15) is 17.5 Å². The van der Waals surface area contributed by atoms with Crippen LogP contribution in [0.3, 0.4) is 0 Å². The van der Waals surface area contributed by atoms with Crippen LogP contribution in [0, 0.1) is 5.82 Å². The molecule has 0 bridgehead atoms. The molecule has 27 heavy (non-hydrogen) atoms. The summed E-state index contributed by atoms with van der Waals surface area (Å²) in [6, 6.07) is 6.42. The molecule has 1 saturated heterocycles. The van der Waals surface area contributed by atoms with Crippen LogP contribution in [0.4, 0.5) is 4.39 Å². The second-order valence-electron chi connectivity index (χ2n) is 7.74. The van der Waals surface area contributed by atoms with Crippen molar-refractivity contribution < 1.29 is 9.18 Å². The molecule has 1 unspecified atom stereocenters. The van der Waals surface area contributed by atoms with E-state index in [0.717, 1.165) is 56.1 Å². The number of likely N-dealkylation sites (tertiary alicyclic amines) is 1. The summed E-state index contributed by atoms with van der Waals surface area (Å²) in [5.74, 6) is 2.41. The van der Waals surface area contributed by atoms with Crippen molar-refractivity contribution in [2.45, 2.75) is 63.8 Å². The van der Waals surface area contributed by atoms with E-state index in [1.165, 1.54) is 31.4 Å². The van der Waals surface area contributed by atoms with Gasteiger partial charge in [-0.1, -0.05) is 18.6 Å². The summed E-state index contributed by atoms with van der Waals surface area (Å²) in [5.41, 5.74) is 1.00. The van der Waals surface area contributed by atoms with E-state index in [2.05, 4.69) is 14.8 Å². The van der Waals surface area contributed by atoms with Crippen molar-refractivity contribution in [3.05, 3.63) is 47.3 Å². The summed E-state index contributed by atoms with van der Waals surface area (Å²) < 4.78 is 15.3. The summed E-state index contributed by atoms with van der Waals surface area (Å²) in [4.78, 5) is 14.7. The highest BCUT2D eigenvalue weighted by atomic mass is 19.1. The predicted molar refractivity (Wildman–Crippen MR) is 101 cm³/mol. The van der Waals surface area contributed by atoms with Crippen LogP contribution in [-0.4, -0.2) is 38.7 Å². The zero-order chi connectivity index (χ0) is 18.6. The van der Waals surface area contributed by atoms with Gasteiger partial charge in [-0.05, 0) is 49.8 Å². The molecule has 1 fully saturated rings. The van der Waals surface area contributed by atoms with Crippen LogP contribution >= 0.6 is 0 Å². The Hall–Kier alpha value is -2.24. The van der Waals surface area contributed by atoms with Crippen LogP contribution < -0.4 is 0 Å². The van der Waals surface area contributed by atoms with E-state index >= 15 is 0 Å². The Morgan fingerprint density at radius 2 is 1.93 bits per heavy atom. The molecule has 0 saturated carbocycles. The molecule has 3 heterocycles. The molecule has 2 aromatic rings. The smallest absolute Gasteiger partial charge is 0.222 e. The van der Waals surface area contributed by atoms with Crippen molar-refractivity contribution in [3.8, 4) is 0 Å². The molecule has 1 atom stereocenters. The zero-order valence-corrected chi connectivity index (χ0v) is 15.7. The number of benzene rings is 1. The number of nitrogens with zero attached hydrogens (tertiary/aromatic N) is 4. The SMILES string of the molecule is O=C(CCc1ccc(F)cc1)N1CCCC(c2nnc3n2CCCCC3)C1. The Bertz CT molecular complexity index is 786. The summed E-state index contributed by atoms with van der Waals surface area (Å²) in [5, 5.41) is 8.92. The number of piperidine rings is 1. The third-order valence-electron chi connectivity index (χ3n) is 5.82. The van der Waals surface area contributed by atoms with Gasteiger partial charge in [0.25, 0.3) is 0 Å². The van der Waals surface area contributed by atoms with Gasteiger partial charge in [-0.25, -0.2) is 4.39 Å². The Balaban J connectivity index is 1.38. The monoisotopic (exact) mass is 370 g/mol. The van der Waals surface area contributed by atoms with Gasteiger partial charge in [0.15, 0.2) is 0 Å². The van der Waals surface area contributed by atoms with Crippen LogP contribution in [0.5, 0.6) is 0 Å². The molecule has 1 aromatic carbocycles. The van der Waals surface area contributed by atoms with Crippen molar-refractivity contribution in [1.29, 1.82) is 0 Å². The number of rotatable bonds is 4. The summed E-state index contributed by atoms with van der Waals surface area (Å²) >= 11 is 0. The molecule has 0 radical (unpaired) electrons. The Morgan fingerprint density at radius 3 is 2.78 bits per heavy atom. The van der Waals surface area contributed by atoms with Gasteiger partial charge in [0, 0.05) is 38.4 Å². The average Bonchev–Trinajstić information content (AvgIpc) is 2.96. The molecule has 144 valence electrons. The van der Waals surface area contributed by atoms with E-state index in [-0.39, 0.29) is 17.6 Å². The van der Waals surface area contributed by atoms with Gasteiger partial charge >= 0.3 is 0 Å². The lowest BCUT2D eigenvalue weighted by molar-refractivity contribution is -0.132. The van der Waals surface area contributed by atoms with Crippen LogP contribution in [0.2, 0.25) is 0 Å². The molecule has 4 rings (SSSR count). The maximum atomic E-state index is 13.0. The number of fused-ring (bicyclic) bond motifs is 1. The minimum absolute atomic E-state index is 0.180. The maximum absolute atomic E-state index is 13.0. The van der Waals surface area contributed by atoms with Crippen molar-refractivity contribution in [1.82, 2.24) is 19.7 Å². The van der Waals surface area contributed by atoms with Crippen molar-refractivity contribution in [2.75, 3.05) is 13.1 Å². The normalized spacial score (nSPS) is 20.2. The quantitative estimate of drug-likeness (QED) is 0.828. The first kappa shape index (κ1) is 18.1. The lowest BCUT2D eigenvalue weighted by Crippen LogP contribution is -2.40. The van der Waals surface area contributed by atoms with E-state index in [4.69, 9.17) is 0 Å². The number of hydrogen-bond acceptors (Lipinski definition) is 3. The third-order valence-corrected chi connectivity index (χ3v) is 5.82. The molecule has 2 aliphatic heterocycles. The van der Waals surface area contributed by atoms with Gasteiger partial charge in [-0.2, -0.15) is 0 Å². The minimum atomic E-state index is -0.239. The Morgan fingerprint density at radius 1 is 1.07 bits per heavy atom. The highest BCUT2D eigenvalue weighted by Gasteiger charge is 2.29. The van der Waals surface area contributed by atoms with Gasteiger partial charge < -0.3 is 9.47 Å². The minimum Gasteiger partial charge on any atom is -0.342 e. The Labute approximate surface area is 159 Å². The lowest BCUT2D eigenvalue weighted by Gasteiger charge is -2.32. The van der Waals surface area contributed by atoms with Gasteiger partial charge in [-0.3, -0.25) is 4.79 Å². The second-order valence-corrected chi connectivity index (χ2v) is 7.74. The number of aryl methyl sites for hydroxylation is 2.